The molecule has 5 nitrogen and oxygen atoms in total. The van der Waals surface area contributed by atoms with Crippen molar-refractivity contribution < 1.29 is 8.42 Å². The van der Waals surface area contributed by atoms with Gasteiger partial charge in [-0.25, -0.2) is 0 Å². The van der Waals surface area contributed by atoms with E-state index in [4.69, 9.17) is 5.73 Å². The summed E-state index contributed by atoms with van der Waals surface area (Å²) >= 11 is 0. The number of rotatable bonds is 2. The summed E-state index contributed by atoms with van der Waals surface area (Å²) in [7, 11) is -3.31. The molecule has 17 heavy (non-hydrogen) atoms. The van der Waals surface area contributed by atoms with Crippen molar-refractivity contribution in [2.45, 2.75) is 57.7 Å². The molecule has 0 aromatic carbocycles. The van der Waals surface area contributed by atoms with E-state index in [-0.39, 0.29) is 18.1 Å². The number of nitrogens with two attached hydrogens (primary N) is 1. The highest BCUT2D eigenvalue weighted by atomic mass is 32.2. The van der Waals surface area contributed by atoms with Gasteiger partial charge in [-0.15, -0.1) is 0 Å². The zero-order valence-corrected chi connectivity index (χ0v) is 11.5. The third-order valence-electron chi connectivity index (χ3n) is 4.09. The maximum atomic E-state index is 12.6. The van der Waals surface area contributed by atoms with Crippen molar-refractivity contribution in [3.63, 3.8) is 0 Å². The summed E-state index contributed by atoms with van der Waals surface area (Å²) < 4.78 is 28.3. The molecule has 2 saturated heterocycles. The molecule has 2 aliphatic heterocycles. The van der Waals surface area contributed by atoms with Crippen LogP contribution in [0.5, 0.6) is 0 Å². The lowest BCUT2D eigenvalue weighted by atomic mass is 10.1. The van der Waals surface area contributed by atoms with Gasteiger partial charge in [0.25, 0.3) is 10.2 Å². The smallest absolute Gasteiger partial charge is 0.282 e. The van der Waals surface area contributed by atoms with Crippen molar-refractivity contribution in [3.8, 4) is 0 Å². The zero-order valence-electron chi connectivity index (χ0n) is 10.7. The van der Waals surface area contributed by atoms with Crippen LogP contribution in [-0.4, -0.2) is 48.2 Å². The second-order valence-corrected chi connectivity index (χ2v) is 7.10. The number of hydrogen-bond donors (Lipinski definition) is 1. The van der Waals surface area contributed by atoms with Gasteiger partial charge in [-0.2, -0.15) is 17.0 Å². The quantitative estimate of drug-likeness (QED) is 0.788. The predicted octanol–water partition coefficient (Wildman–Crippen LogP) is 0.527. The van der Waals surface area contributed by atoms with Crippen LogP contribution >= 0.6 is 0 Å². The van der Waals surface area contributed by atoms with Gasteiger partial charge in [-0.05, 0) is 33.1 Å². The Kier molecular flexibility index (Phi) is 3.77. The first-order chi connectivity index (χ1) is 7.94. The van der Waals surface area contributed by atoms with E-state index in [0.29, 0.717) is 13.1 Å². The monoisotopic (exact) mass is 261 g/mol. The Hall–Kier alpha value is -0.170. The lowest BCUT2D eigenvalue weighted by Gasteiger charge is -2.36. The Morgan fingerprint density at radius 1 is 1.06 bits per heavy atom. The molecule has 2 rings (SSSR count). The first-order valence-electron chi connectivity index (χ1n) is 6.49. The molecular weight excluding hydrogens is 238 g/mol. The highest BCUT2D eigenvalue weighted by Crippen LogP contribution is 2.27. The fraction of sp³-hybridized carbons (Fsp3) is 1.00. The summed E-state index contributed by atoms with van der Waals surface area (Å²) in [6, 6.07) is 0.0248. The molecule has 0 amide bonds. The van der Waals surface area contributed by atoms with Gasteiger partial charge < -0.3 is 5.73 Å². The summed E-state index contributed by atoms with van der Waals surface area (Å²) in [6.07, 6.45) is 3.83. The first kappa shape index (κ1) is 13.3. The largest absolute Gasteiger partial charge is 0.326 e. The van der Waals surface area contributed by atoms with E-state index in [1.54, 1.807) is 8.61 Å². The number of piperidine rings is 1. The van der Waals surface area contributed by atoms with Crippen molar-refractivity contribution in [2.75, 3.05) is 13.1 Å². The maximum Gasteiger partial charge on any atom is 0.282 e. The van der Waals surface area contributed by atoms with Crippen LogP contribution in [-0.2, 0) is 10.2 Å². The molecule has 2 N–H and O–H groups in total. The van der Waals surface area contributed by atoms with Crippen molar-refractivity contribution in [1.82, 2.24) is 8.61 Å². The summed E-state index contributed by atoms with van der Waals surface area (Å²) in [5.41, 5.74) is 5.90. The van der Waals surface area contributed by atoms with Gasteiger partial charge in [0, 0.05) is 31.2 Å². The van der Waals surface area contributed by atoms with Gasteiger partial charge in [-0.1, -0.05) is 6.42 Å². The second-order valence-electron chi connectivity index (χ2n) is 5.27. The molecule has 2 fully saturated rings. The Bertz CT molecular complexity index is 361. The van der Waals surface area contributed by atoms with E-state index in [9.17, 15) is 8.42 Å². The number of hydrogen-bond acceptors (Lipinski definition) is 3. The molecule has 6 heteroatoms. The molecule has 0 bridgehead atoms. The molecule has 0 aromatic rings. The van der Waals surface area contributed by atoms with E-state index < -0.39 is 10.2 Å². The van der Waals surface area contributed by atoms with Gasteiger partial charge in [0.2, 0.25) is 0 Å². The minimum Gasteiger partial charge on any atom is -0.326 e. The van der Waals surface area contributed by atoms with E-state index in [1.165, 1.54) is 0 Å². The fourth-order valence-electron chi connectivity index (χ4n) is 2.81. The third-order valence-corrected chi connectivity index (χ3v) is 6.33. The summed E-state index contributed by atoms with van der Waals surface area (Å²) in [4.78, 5) is 0. The molecule has 3 unspecified atom stereocenters. The standard InChI is InChI=1S/C11H23N3O2S/c1-9-5-3-4-7-13(9)17(15,16)14-8-6-11(12)10(14)2/h9-11H,3-8,12H2,1-2H3. The van der Waals surface area contributed by atoms with Gasteiger partial charge in [0.15, 0.2) is 0 Å². The van der Waals surface area contributed by atoms with E-state index in [0.717, 1.165) is 25.7 Å². The average Bonchev–Trinajstić information content (AvgIpc) is 2.60. The van der Waals surface area contributed by atoms with Crippen LogP contribution in [0.3, 0.4) is 0 Å². The molecule has 2 aliphatic rings. The van der Waals surface area contributed by atoms with Crippen LogP contribution in [0.2, 0.25) is 0 Å². The van der Waals surface area contributed by atoms with Crippen LogP contribution in [0, 0.1) is 0 Å². The molecule has 2 heterocycles. The van der Waals surface area contributed by atoms with Crippen LogP contribution in [0.4, 0.5) is 0 Å². The SMILES string of the molecule is CC1CCCCN1S(=O)(=O)N1CCC(N)C1C. The van der Waals surface area contributed by atoms with Crippen LogP contribution in [0.15, 0.2) is 0 Å². The van der Waals surface area contributed by atoms with Crippen molar-refractivity contribution >= 4 is 10.2 Å². The lowest BCUT2D eigenvalue weighted by molar-refractivity contribution is 0.241. The van der Waals surface area contributed by atoms with E-state index in [1.807, 2.05) is 13.8 Å². The Labute approximate surface area is 104 Å². The van der Waals surface area contributed by atoms with Crippen molar-refractivity contribution in [1.29, 1.82) is 0 Å². The molecule has 0 aromatic heterocycles. The van der Waals surface area contributed by atoms with Gasteiger partial charge in [-0.3, -0.25) is 0 Å². The molecule has 100 valence electrons. The minimum absolute atomic E-state index is 0.0233. The highest BCUT2D eigenvalue weighted by molar-refractivity contribution is 7.86. The Balaban J connectivity index is 2.18. The topological polar surface area (TPSA) is 66.6 Å². The summed E-state index contributed by atoms with van der Waals surface area (Å²) in [5.74, 6) is 0. The van der Waals surface area contributed by atoms with Crippen molar-refractivity contribution in [2.24, 2.45) is 5.73 Å². The summed E-state index contributed by atoms with van der Waals surface area (Å²) in [5, 5.41) is 0. The van der Waals surface area contributed by atoms with Gasteiger partial charge >= 0.3 is 0 Å². The third kappa shape index (κ3) is 2.36. The Morgan fingerprint density at radius 2 is 1.76 bits per heavy atom. The van der Waals surface area contributed by atoms with E-state index in [2.05, 4.69) is 0 Å². The van der Waals surface area contributed by atoms with Gasteiger partial charge in [0.1, 0.15) is 0 Å². The first-order valence-corrected chi connectivity index (χ1v) is 7.88. The van der Waals surface area contributed by atoms with E-state index >= 15 is 0 Å². The minimum atomic E-state index is -3.31. The molecule has 0 aliphatic carbocycles. The fourth-order valence-corrected chi connectivity index (χ4v) is 4.91. The van der Waals surface area contributed by atoms with Crippen molar-refractivity contribution in [3.05, 3.63) is 0 Å². The lowest BCUT2D eigenvalue weighted by Crippen LogP contribution is -2.52. The molecule has 0 saturated carbocycles. The Morgan fingerprint density at radius 3 is 2.29 bits per heavy atom. The molecule has 0 radical (unpaired) electrons. The molecule has 0 spiro atoms. The summed E-state index contributed by atoms with van der Waals surface area (Å²) in [6.45, 7) is 5.12. The molecular formula is C11H23N3O2S. The molecule has 3 atom stereocenters. The van der Waals surface area contributed by atoms with Crippen LogP contribution in [0.25, 0.3) is 0 Å². The maximum absolute atomic E-state index is 12.6. The zero-order chi connectivity index (χ0) is 12.6. The highest BCUT2D eigenvalue weighted by Gasteiger charge is 2.41. The van der Waals surface area contributed by atoms with Gasteiger partial charge in [0.05, 0.1) is 0 Å². The second kappa shape index (κ2) is 4.84. The predicted molar refractivity (Wildman–Crippen MR) is 67.7 cm³/mol. The van der Waals surface area contributed by atoms with Crippen LogP contribution < -0.4 is 5.73 Å². The average molecular weight is 261 g/mol. The van der Waals surface area contributed by atoms with Crippen LogP contribution in [0.1, 0.15) is 39.5 Å². The normalized spacial score (nSPS) is 37.5. The number of nitrogens with zero attached hydrogens (tertiary/aromatic N) is 2.